The SMILES string of the molecule is Cc1cccc(C(C)C)c1NC(=O)COc1ncnc2scc(-c3ccc(F)cc3)c12. The highest BCUT2D eigenvalue weighted by atomic mass is 32.1. The van der Waals surface area contributed by atoms with E-state index in [1.165, 1.54) is 29.8 Å². The molecule has 0 aliphatic carbocycles. The molecule has 0 saturated heterocycles. The second kappa shape index (κ2) is 8.81. The Morgan fingerprint density at radius 3 is 2.68 bits per heavy atom. The fraction of sp³-hybridized carbons (Fsp3) is 0.208. The van der Waals surface area contributed by atoms with E-state index < -0.39 is 0 Å². The number of halogens is 1. The van der Waals surface area contributed by atoms with Gasteiger partial charge in [0, 0.05) is 16.6 Å². The lowest BCUT2D eigenvalue weighted by Gasteiger charge is -2.16. The third kappa shape index (κ3) is 4.41. The predicted molar refractivity (Wildman–Crippen MR) is 122 cm³/mol. The molecule has 7 heteroatoms. The van der Waals surface area contributed by atoms with Crippen LogP contribution in [-0.4, -0.2) is 22.5 Å². The highest BCUT2D eigenvalue weighted by molar-refractivity contribution is 7.17. The molecular formula is C24H22FN3O2S. The molecule has 1 N–H and O–H groups in total. The van der Waals surface area contributed by atoms with Crippen molar-refractivity contribution in [2.75, 3.05) is 11.9 Å². The molecule has 0 saturated carbocycles. The minimum absolute atomic E-state index is 0.184. The van der Waals surface area contributed by atoms with Crippen molar-refractivity contribution in [3.05, 3.63) is 71.1 Å². The monoisotopic (exact) mass is 435 g/mol. The van der Waals surface area contributed by atoms with Gasteiger partial charge in [0.25, 0.3) is 5.91 Å². The number of rotatable bonds is 6. The number of benzene rings is 2. The summed E-state index contributed by atoms with van der Waals surface area (Å²) in [6.07, 6.45) is 1.42. The average Bonchev–Trinajstić information content (AvgIpc) is 3.19. The third-order valence-electron chi connectivity index (χ3n) is 5.02. The molecule has 4 rings (SSSR count). The van der Waals surface area contributed by atoms with Gasteiger partial charge in [0.2, 0.25) is 5.88 Å². The lowest BCUT2D eigenvalue weighted by molar-refractivity contribution is -0.118. The number of nitrogens with zero attached hydrogens (tertiary/aromatic N) is 2. The molecule has 0 radical (unpaired) electrons. The number of aromatic nitrogens is 2. The standard InChI is InChI=1S/C24H22FN3O2S/c1-14(2)18-6-4-5-15(3)22(18)28-20(29)11-30-23-21-19(12-31-24(21)27-13-26-23)16-7-9-17(25)10-8-16/h4-10,12-14H,11H2,1-3H3,(H,28,29). The van der Waals surface area contributed by atoms with Crippen LogP contribution in [0.5, 0.6) is 5.88 Å². The van der Waals surface area contributed by atoms with E-state index in [1.54, 1.807) is 12.1 Å². The number of aryl methyl sites for hydroxylation is 1. The van der Waals surface area contributed by atoms with Gasteiger partial charge in [-0.15, -0.1) is 11.3 Å². The molecule has 2 heterocycles. The third-order valence-corrected chi connectivity index (χ3v) is 5.91. The Kier molecular flexibility index (Phi) is 5.95. The number of fused-ring (bicyclic) bond motifs is 1. The summed E-state index contributed by atoms with van der Waals surface area (Å²) in [5.74, 6) is 0.0439. The van der Waals surface area contributed by atoms with Crippen molar-refractivity contribution in [3.8, 4) is 17.0 Å². The Morgan fingerprint density at radius 1 is 1.16 bits per heavy atom. The first-order chi connectivity index (χ1) is 14.9. The van der Waals surface area contributed by atoms with Crippen LogP contribution in [0.2, 0.25) is 0 Å². The van der Waals surface area contributed by atoms with Crippen LogP contribution in [0.25, 0.3) is 21.3 Å². The molecule has 0 aliphatic rings. The first-order valence-electron chi connectivity index (χ1n) is 9.94. The Hall–Kier alpha value is -3.32. The molecule has 5 nitrogen and oxygen atoms in total. The molecule has 0 unspecified atom stereocenters. The van der Waals surface area contributed by atoms with Crippen LogP contribution in [0.1, 0.15) is 30.9 Å². The highest BCUT2D eigenvalue weighted by Gasteiger charge is 2.17. The zero-order valence-electron chi connectivity index (χ0n) is 17.5. The van der Waals surface area contributed by atoms with Crippen molar-refractivity contribution in [3.63, 3.8) is 0 Å². The molecule has 31 heavy (non-hydrogen) atoms. The summed E-state index contributed by atoms with van der Waals surface area (Å²) in [7, 11) is 0. The zero-order valence-corrected chi connectivity index (χ0v) is 18.3. The van der Waals surface area contributed by atoms with E-state index in [0.717, 1.165) is 32.8 Å². The van der Waals surface area contributed by atoms with Crippen LogP contribution < -0.4 is 10.1 Å². The zero-order chi connectivity index (χ0) is 22.0. The van der Waals surface area contributed by atoms with Crippen LogP contribution in [0.4, 0.5) is 10.1 Å². The molecule has 158 valence electrons. The van der Waals surface area contributed by atoms with Gasteiger partial charge in [-0.3, -0.25) is 4.79 Å². The second-order valence-corrected chi connectivity index (χ2v) is 8.40. The lowest BCUT2D eigenvalue weighted by Crippen LogP contribution is -2.22. The van der Waals surface area contributed by atoms with Gasteiger partial charge >= 0.3 is 0 Å². The van der Waals surface area contributed by atoms with Gasteiger partial charge in [-0.2, -0.15) is 0 Å². The van der Waals surface area contributed by atoms with Crippen molar-refractivity contribution in [1.29, 1.82) is 0 Å². The van der Waals surface area contributed by atoms with Crippen LogP contribution in [0.15, 0.2) is 54.2 Å². The summed E-state index contributed by atoms with van der Waals surface area (Å²) in [5.41, 5.74) is 4.58. The topological polar surface area (TPSA) is 64.1 Å². The van der Waals surface area contributed by atoms with Crippen molar-refractivity contribution in [1.82, 2.24) is 9.97 Å². The Bertz CT molecular complexity index is 1240. The van der Waals surface area contributed by atoms with Gasteiger partial charge in [-0.25, -0.2) is 14.4 Å². The Labute approximate surface area is 183 Å². The van der Waals surface area contributed by atoms with Crippen molar-refractivity contribution in [2.24, 2.45) is 0 Å². The normalized spacial score (nSPS) is 11.1. The summed E-state index contributed by atoms with van der Waals surface area (Å²) in [5, 5.41) is 5.62. The van der Waals surface area contributed by atoms with E-state index in [-0.39, 0.29) is 24.2 Å². The maximum atomic E-state index is 13.3. The van der Waals surface area contributed by atoms with Gasteiger partial charge in [0.1, 0.15) is 17.0 Å². The van der Waals surface area contributed by atoms with Gasteiger partial charge in [-0.05, 0) is 41.7 Å². The summed E-state index contributed by atoms with van der Waals surface area (Å²) >= 11 is 1.45. The first-order valence-corrected chi connectivity index (χ1v) is 10.8. The van der Waals surface area contributed by atoms with E-state index in [2.05, 4.69) is 29.1 Å². The van der Waals surface area contributed by atoms with Gasteiger partial charge in [0.05, 0.1) is 5.39 Å². The highest BCUT2D eigenvalue weighted by Crippen LogP contribution is 2.37. The van der Waals surface area contributed by atoms with Crippen molar-refractivity contribution >= 4 is 33.1 Å². The molecule has 2 aromatic heterocycles. The number of carbonyl (C=O) groups is 1. The van der Waals surface area contributed by atoms with Crippen LogP contribution in [0, 0.1) is 12.7 Å². The minimum atomic E-state index is -0.301. The maximum Gasteiger partial charge on any atom is 0.262 e. The number of carbonyl (C=O) groups excluding carboxylic acids is 1. The van der Waals surface area contributed by atoms with E-state index in [9.17, 15) is 9.18 Å². The number of hydrogen-bond donors (Lipinski definition) is 1. The van der Waals surface area contributed by atoms with Gasteiger partial charge < -0.3 is 10.1 Å². The Balaban J connectivity index is 1.57. The molecule has 4 aromatic rings. The largest absolute Gasteiger partial charge is 0.467 e. The van der Waals surface area contributed by atoms with Gasteiger partial charge in [0.15, 0.2) is 6.61 Å². The molecule has 0 fully saturated rings. The number of para-hydroxylation sites is 1. The number of anilines is 1. The smallest absolute Gasteiger partial charge is 0.262 e. The fourth-order valence-electron chi connectivity index (χ4n) is 3.45. The van der Waals surface area contributed by atoms with Crippen LogP contribution in [-0.2, 0) is 4.79 Å². The van der Waals surface area contributed by atoms with Crippen molar-refractivity contribution < 1.29 is 13.9 Å². The minimum Gasteiger partial charge on any atom is -0.467 e. The summed E-state index contributed by atoms with van der Waals surface area (Å²) in [4.78, 5) is 21.9. The average molecular weight is 436 g/mol. The van der Waals surface area contributed by atoms with Gasteiger partial charge in [-0.1, -0.05) is 44.2 Å². The molecule has 0 bridgehead atoms. The fourth-order valence-corrected chi connectivity index (χ4v) is 4.36. The van der Waals surface area contributed by atoms with Crippen LogP contribution >= 0.6 is 11.3 Å². The molecule has 0 atom stereocenters. The quantitative estimate of drug-likeness (QED) is 0.407. The molecular weight excluding hydrogens is 413 g/mol. The van der Waals surface area contributed by atoms with E-state index in [0.29, 0.717) is 11.3 Å². The second-order valence-electron chi connectivity index (χ2n) is 7.55. The summed E-state index contributed by atoms with van der Waals surface area (Å²) < 4.78 is 19.1. The van der Waals surface area contributed by atoms with Crippen LogP contribution in [0.3, 0.4) is 0 Å². The lowest BCUT2D eigenvalue weighted by atomic mass is 9.98. The summed E-state index contributed by atoms with van der Waals surface area (Å²) in [6, 6.07) is 12.2. The number of ether oxygens (including phenoxy) is 1. The molecule has 0 aliphatic heterocycles. The molecule has 1 amide bonds. The number of thiophene rings is 1. The molecule has 2 aromatic carbocycles. The van der Waals surface area contributed by atoms with E-state index in [1.807, 2.05) is 30.5 Å². The maximum absolute atomic E-state index is 13.3. The van der Waals surface area contributed by atoms with Crippen molar-refractivity contribution in [2.45, 2.75) is 26.7 Å². The predicted octanol–water partition coefficient (Wildman–Crippen LogP) is 5.95. The summed E-state index contributed by atoms with van der Waals surface area (Å²) in [6.45, 7) is 5.96. The first kappa shape index (κ1) is 20.9. The number of amides is 1. The number of hydrogen-bond acceptors (Lipinski definition) is 5. The number of nitrogens with one attached hydrogen (secondary N) is 1. The Morgan fingerprint density at radius 2 is 1.94 bits per heavy atom. The van der Waals surface area contributed by atoms with E-state index in [4.69, 9.17) is 4.74 Å². The van der Waals surface area contributed by atoms with E-state index >= 15 is 0 Å². The molecule has 0 spiro atoms.